The van der Waals surface area contributed by atoms with Crippen molar-refractivity contribution in [3.63, 3.8) is 0 Å². The fourth-order valence-corrected chi connectivity index (χ4v) is 3.96. The Balaban J connectivity index is 1.44. The molecule has 0 aliphatic carbocycles. The van der Waals surface area contributed by atoms with Gasteiger partial charge in [0.1, 0.15) is 28.8 Å². The second-order valence-corrected chi connectivity index (χ2v) is 8.04. The molecule has 34 heavy (non-hydrogen) atoms. The molecule has 4 aromatic rings. The number of hydrogen-bond donors (Lipinski definition) is 1. The molecule has 0 atom stereocenters. The Bertz CT molecular complexity index is 1380. The highest BCUT2D eigenvalue weighted by Crippen LogP contribution is 2.32. The lowest BCUT2D eigenvalue weighted by atomic mass is 10.1. The van der Waals surface area contributed by atoms with E-state index in [1.54, 1.807) is 17.9 Å². The molecule has 1 fully saturated rings. The third-order valence-corrected chi connectivity index (χ3v) is 5.66. The van der Waals surface area contributed by atoms with Gasteiger partial charge in [-0.1, -0.05) is 0 Å². The Kier molecular flexibility index (Phi) is 5.52. The first-order valence-corrected chi connectivity index (χ1v) is 10.6. The summed E-state index contributed by atoms with van der Waals surface area (Å²) >= 11 is 0. The largest absolute Gasteiger partial charge is 0.487 e. The quantitative estimate of drug-likeness (QED) is 0.477. The molecule has 0 bridgehead atoms. The number of nitrogens with zero attached hydrogens (tertiary/aromatic N) is 6. The van der Waals surface area contributed by atoms with Gasteiger partial charge in [-0.3, -0.25) is 4.68 Å². The summed E-state index contributed by atoms with van der Waals surface area (Å²) in [7, 11) is 1.80. The molecular weight excluding hydrogens is 446 g/mol. The van der Waals surface area contributed by atoms with Crippen molar-refractivity contribution >= 4 is 22.8 Å². The topological polar surface area (TPSA) is 106 Å². The van der Waals surface area contributed by atoms with Crippen LogP contribution in [0.15, 0.2) is 42.9 Å². The number of aromatic carboxylic acids is 1. The lowest BCUT2D eigenvalue weighted by Gasteiger charge is -2.33. The predicted molar refractivity (Wildman–Crippen MR) is 119 cm³/mol. The number of hydrogen-bond acceptors (Lipinski definition) is 7. The molecule has 4 heterocycles. The van der Waals surface area contributed by atoms with E-state index in [-0.39, 0.29) is 17.5 Å². The lowest BCUT2D eigenvalue weighted by molar-refractivity contribution is 0.0690. The van der Waals surface area contributed by atoms with Gasteiger partial charge in [0.15, 0.2) is 17.4 Å². The van der Waals surface area contributed by atoms with Crippen LogP contribution in [0.2, 0.25) is 0 Å². The molecule has 9 nitrogen and oxygen atoms in total. The molecular formula is C23H20F2N6O3. The fraction of sp³-hybridized carbons (Fsp3) is 0.261. The summed E-state index contributed by atoms with van der Waals surface area (Å²) in [5, 5.41) is 13.5. The smallest absolute Gasteiger partial charge is 0.354 e. The van der Waals surface area contributed by atoms with Crippen LogP contribution in [0.4, 0.5) is 14.6 Å². The predicted octanol–water partition coefficient (Wildman–Crippen LogP) is 3.45. The normalized spacial score (nSPS) is 14.5. The number of halogens is 2. The van der Waals surface area contributed by atoms with E-state index in [9.17, 15) is 18.7 Å². The van der Waals surface area contributed by atoms with E-state index in [2.05, 4.69) is 10.1 Å². The molecule has 1 aliphatic rings. The minimum Gasteiger partial charge on any atom is -0.487 e. The molecule has 1 N–H and O–H groups in total. The first-order valence-electron chi connectivity index (χ1n) is 10.6. The van der Waals surface area contributed by atoms with Crippen LogP contribution in [0.25, 0.3) is 22.3 Å². The molecule has 1 saturated heterocycles. The van der Waals surface area contributed by atoms with Gasteiger partial charge in [0.05, 0.1) is 17.9 Å². The van der Waals surface area contributed by atoms with Crippen LogP contribution in [0.1, 0.15) is 23.3 Å². The molecule has 0 unspecified atom stereocenters. The van der Waals surface area contributed by atoms with Crippen molar-refractivity contribution in [3.8, 4) is 17.0 Å². The van der Waals surface area contributed by atoms with Crippen LogP contribution >= 0.6 is 0 Å². The van der Waals surface area contributed by atoms with Crippen molar-refractivity contribution in [2.24, 2.45) is 7.05 Å². The van der Waals surface area contributed by atoms with E-state index in [0.717, 1.165) is 11.6 Å². The van der Waals surface area contributed by atoms with Gasteiger partial charge in [0, 0.05) is 50.8 Å². The summed E-state index contributed by atoms with van der Waals surface area (Å²) in [6.45, 7) is 1.11. The van der Waals surface area contributed by atoms with Crippen molar-refractivity contribution in [1.82, 2.24) is 24.7 Å². The number of aromatic nitrogens is 5. The van der Waals surface area contributed by atoms with Crippen LogP contribution in [0, 0.1) is 11.6 Å². The van der Waals surface area contributed by atoms with Crippen LogP contribution in [0.3, 0.4) is 0 Å². The molecule has 174 valence electrons. The van der Waals surface area contributed by atoms with Gasteiger partial charge < -0.3 is 14.7 Å². The van der Waals surface area contributed by atoms with Gasteiger partial charge in [-0.15, -0.1) is 0 Å². The van der Waals surface area contributed by atoms with Crippen LogP contribution in [-0.4, -0.2) is 55.0 Å². The Hall–Kier alpha value is -4.15. The number of carbonyl (C=O) groups is 1. The van der Waals surface area contributed by atoms with Crippen LogP contribution in [0.5, 0.6) is 5.75 Å². The summed E-state index contributed by atoms with van der Waals surface area (Å²) < 4.78 is 34.6. The molecule has 0 radical (unpaired) electrons. The Morgan fingerprint density at radius 2 is 1.91 bits per heavy atom. The van der Waals surface area contributed by atoms with Gasteiger partial charge >= 0.3 is 5.97 Å². The summed E-state index contributed by atoms with van der Waals surface area (Å²) in [6.07, 6.45) is 5.83. The summed E-state index contributed by atoms with van der Waals surface area (Å²) in [5.74, 6) is -1.92. The van der Waals surface area contributed by atoms with Crippen molar-refractivity contribution < 1.29 is 23.4 Å². The highest BCUT2D eigenvalue weighted by molar-refractivity contribution is 5.91. The molecule has 11 heteroatoms. The summed E-state index contributed by atoms with van der Waals surface area (Å²) in [4.78, 5) is 26.8. The Labute approximate surface area is 192 Å². The number of aryl methyl sites for hydroxylation is 1. The molecule has 3 aromatic heterocycles. The summed E-state index contributed by atoms with van der Waals surface area (Å²) in [5.41, 5.74) is 2.14. The lowest BCUT2D eigenvalue weighted by Crippen LogP contribution is -2.39. The zero-order chi connectivity index (χ0) is 23.8. The third kappa shape index (κ3) is 4.24. The van der Waals surface area contributed by atoms with E-state index in [1.165, 1.54) is 24.4 Å². The van der Waals surface area contributed by atoms with E-state index < -0.39 is 17.6 Å². The Morgan fingerprint density at radius 3 is 2.59 bits per heavy atom. The number of anilines is 1. The monoisotopic (exact) mass is 466 g/mol. The SMILES string of the molecule is Cn1cc(-c2nc3cnc(C(=O)O)cc3nc2N2CCC(Oc3ccc(F)cc3F)CC2)cn1. The maximum atomic E-state index is 14.0. The second-order valence-electron chi connectivity index (χ2n) is 8.04. The number of ether oxygens (including phenoxy) is 1. The second kappa shape index (κ2) is 8.65. The molecule has 0 amide bonds. The van der Waals surface area contributed by atoms with Crippen LogP contribution < -0.4 is 9.64 Å². The number of carboxylic acid groups (broad SMARTS) is 1. The minimum atomic E-state index is -1.15. The number of rotatable bonds is 5. The maximum absolute atomic E-state index is 14.0. The molecule has 0 spiro atoms. The molecule has 1 aliphatic heterocycles. The van der Waals surface area contributed by atoms with Crippen molar-refractivity contribution in [2.45, 2.75) is 18.9 Å². The van der Waals surface area contributed by atoms with Gasteiger partial charge in [0.2, 0.25) is 0 Å². The first kappa shape index (κ1) is 21.7. The number of pyridine rings is 1. The van der Waals surface area contributed by atoms with E-state index >= 15 is 0 Å². The van der Waals surface area contributed by atoms with E-state index in [1.807, 2.05) is 11.1 Å². The zero-order valence-corrected chi connectivity index (χ0v) is 18.2. The average Bonchev–Trinajstić information content (AvgIpc) is 3.26. The average molecular weight is 466 g/mol. The number of piperidine rings is 1. The number of benzene rings is 1. The zero-order valence-electron chi connectivity index (χ0n) is 18.2. The highest BCUT2D eigenvalue weighted by atomic mass is 19.1. The van der Waals surface area contributed by atoms with Gasteiger partial charge in [0.25, 0.3) is 0 Å². The Morgan fingerprint density at radius 1 is 1.12 bits per heavy atom. The standard InChI is InChI=1S/C23H20F2N6O3/c1-30-12-13(10-27-30)21-22(29-17-9-18(23(32)33)26-11-19(17)28-21)31-6-4-15(5-7-31)34-20-3-2-14(24)8-16(20)25/h2-3,8-12,15H,4-7H2,1H3,(H,32,33). The number of carboxylic acids is 1. The maximum Gasteiger partial charge on any atom is 0.354 e. The summed E-state index contributed by atoms with van der Waals surface area (Å²) in [6, 6.07) is 4.66. The number of fused-ring (bicyclic) bond motifs is 1. The van der Waals surface area contributed by atoms with Gasteiger partial charge in [-0.25, -0.2) is 28.5 Å². The van der Waals surface area contributed by atoms with E-state index in [4.69, 9.17) is 14.7 Å². The molecule has 5 rings (SSSR count). The molecule has 0 saturated carbocycles. The fourth-order valence-electron chi connectivity index (χ4n) is 3.96. The highest BCUT2D eigenvalue weighted by Gasteiger charge is 2.26. The first-order chi connectivity index (χ1) is 16.4. The van der Waals surface area contributed by atoms with Crippen molar-refractivity contribution in [3.05, 3.63) is 60.2 Å². The van der Waals surface area contributed by atoms with Crippen molar-refractivity contribution in [2.75, 3.05) is 18.0 Å². The van der Waals surface area contributed by atoms with Crippen molar-refractivity contribution in [1.29, 1.82) is 0 Å². The van der Waals surface area contributed by atoms with Gasteiger partial charge in [-0.05, 0) is 18.2 Å². The van der Waals surface area contributed by atoms with Gasteiger partial charge in [-0.2, -0.15) is 5.10 Å². The molecule has 1 aromatic carbocycles. The van der Waals surface area contributed by atoms with E-state index in [0.29, 0.717) is 48.5 Å². The van der Waals surface area contributed by atoms with Crippen LogP contribution in [-0.2, 0) is 7.05 Å². The minimum absolute atomic E-state index is 0.0232. The third-order valence-electron chi connectivity index (χ3n) is 5.66.